The van der Waals surface area contributed by atoms with E-state index in [1.54, 1.807) is 23.1 Å². The number of hydrogen-bond acceptors (Lipinski definition) is 7. The minimum absolute atomic E-state index is 0.0225. The predicted octanol–water partition coefficient (Wildman–Crippen LogP) is 4.06. The van der Waals surface area contributed by atoms with Gasteiger partial charge in [0.25, 0.3) is 5.69 Å². The van der Waals surface area contributed by atoms with Gasteiger partial charge in [0, 0.05) is 24.2 Å². The van der Waals surface area contributed by atoms with Gasteiger partial charge in [0.2, 0.25) is 5.91 Å². The van der Waals surface area contributed by atoms with Crippen LogP contribution in [0.1, 0.15) is 18.1 Å². The van der Waals surface area contributed by atoms with E-state index in [0.29, 0.717) is 30.3 Å². The number of thioether (sulfide) groups is 1. The summed E-state index contributed by atoms with van der Waals surface area (Å²) >= 11 is 1.34. The van der Waals surface area contributed by atoms with Crippen molar-refractivity contribution in [2.45, 2.75) is 18.6 Å². The lowest BCUT2D eigenvalue weighted by molar-refractivity contribution is -0.384. The van der Waals surface area contributed by atoms with Gasteiger partial charge in [0.05, 0.1) is 23.0 Å². The molecule has 1 heterocycles. The predicted molar refractivity (Wildman–Crippen MR) is 123 cm³/mol. The van der Waals surface area contributed by atoms with Crippen molar-refractivity contribution in [3.63, 3.8) is 0 Å². The molecule has 0 radical (unpaired) electrons. The number of ether oxygens (including phenoxy) is 1. The van der Waals surface area contributed by atoms with Crippen LogP contribution in [0.25, 0.3) is 0 Å². The summed E-state index contributed by atoms with van der Waals surface area (Å²) < 4.78 is 5.46. The molecule has 2 aromatic carbocycles. The van der Waals surface area contributed by atoms with Crippen molar-refractivity contribution in [3.8, 4) is 5.75 Å². The fraction of sp³-hybridized carbons (Fsp3) is 0.227. The lowest BCUT2D eigenvalue weighted by Gasteiger charge is -2.13. The zero-order valence-electron chi connectivity index (χ0n) is 17.0. The molecule has 1 aliphatic rings. The number of carbonyl (C=O) groups excluding carboxylic acids is 1. The Morgan fingerprint density at radius 1 is 1.29 bits per heavy atom. The first kappa shape index (κ1) is 22.2. The third-order valence-electron chi connectivity index (χ3n) is 4.42. The zero-order chi connectivity index (χ0) is 22.2. The standard InChI is InChI=1S/C22H22N4O4S/c1-3-12-25-21(27)20(14-16-8-10-19(11-9-16)30-4-2)31-22(25)24-23-15-17-6-5-7-18(13-17)26(28)29/h3,5-11,13,15,20H,1,4,12,14H2,2H3/b23-15+,24-22+. The number of amidine groups is 1. The van der Waals surface area contributed by atoms with Gasteiger partial charge in [-0.05, 0) is 31.0 Å². The maximum atomic E-state index is 12.9. The Kier molecular flexibility index (Phi) is 7.55. The molecule has 1 atom stereocenters. The quantitative estimate of drug-likeness (QED) is 0.255. The van der Waals surface area contributed by atoms with Crippen molar-refractivity contribution in [1.29, 1.82) is 0 Å². The lowest BCUT2D eigenvalue weighted by Crippen LogP contribution is -2.32. The van der Waals surface area contributed by atoms with Gasteiger partial charge < -0.3 is 4.74 Å². The maximum absolute atomic E-state index is 12.9. The average Bonchev–Trinajstić information content (AvgIpc) is 3.05. The van der Waals surface area contributed by atoms with Crippen molar-refractivity contribution in [2.75, 3.05) is 13.2 Å². The largest absolute Gasteiger partial charge is 0.494 e. The highest BCUT2D eigenvalue weighted by Crippen LogP contribution is 2.30. The first-order valence-electron chi connectivity index (χ1n) is 9.68. The molecule has 0 spiro atoms. The number of nitrogens with zero attached hydrogens (tertiary/aromatic N) is 4. The molecule has 0 aliphatic carbocycles. The molecular weight excluding hydrogens is 416 g/mol. The van der Waals surface area contributed by atoms with E-state index in [1.165, 1.54) is 30.1 Å². The molecule has 1 fully saturated rings. The molecule has 0 aromatic heterocycles. The van der Waals surface area contributed by atoms with E-state index in [2.05, 4.69) is 16.8 Å². The van der Waals surface area contributed by atoms with Crippen LogP contribution in [0.15, 0.2) is 71.4 Å². The maximum Gasteiger partial charge on any atom is 0.270 e. The molecule has 8 nitrogen and oxygen atoms in total. The van der Waals surface area contributed by atoms with Crippen LogP contribution in [0.4, 0.5) is 5.69 Å². The van der Waals surface area contributed by atoms with Crippen molar-refractivity contribution in [2.24, 2.45) is 10.2 Å². The van der Waals surface area contributed by atoms with Crippen LogP contribution in [0.3, 0.4) is 0 Å². The van der Waals surface area contributed by atoms with E-state index in [1.807, 2.05) is 31.2 Å². The first-order valence-corrected chi connectivity index (χ1v) is 10.6. The topological polar surface area (TPSA) is 97.4 Å². The molecule has 0 bridgehead atoms. The van der Waals surface area contributed by atoms with E-state index in [4.69, 9.17) is 4.74 Å². The highest BCUT2D eigenvalue weighted by atomic mass is 32.2. The van der Waals surface area contributed by atoms with Crippen LogP contribution in [-0.4, -0.2) is 45.5 Å². The first-order chi connectivity index (χ1) is 15.0. The number of amides is 1. The fourth-order valence-electron chi connectivity index (χ4n) is 2.98. The fourth-order valence-corrected chi connectivity index (χ4v) is 4.12. The van der Waals surface area contributed by atoms with Crippen molar-refractivity contribution in [3.05, 3.63) is 82.4 Å². The summed E-state index contributed by atoms with van der Waals surface area (Å²) in [6, 6.07) is 13.8. The average molecular weight is 439 g/mol. The Labute approximate surface area is 184 Å². The van der Waals surface area contributed by atoms with E-state index in [0.717, 1.165) is 11.3 Å². The second kappa shape index (κ2) is 10.5. The third-order valence-corrected chi connectivity index (χ3v) is 5.58. The number of hydrogen-bond donors (Lipinski definition) is 0. The summed E-state index contributed by atoms with van der Waals surface area (Å²) in [5.74, 6) is 0.741. The van der Waals surface area contributed by atoms with Gasteiger partial charge in [0.1, 0.15) is 5.75 Å². The normalized spacial score (nSPS) is 17.5. The Morgan fingerprint density at radius 2 is 2.06 bits per heavy atom. The van der Waals surface area contributed by atoms with Crippen LogP contribution < -0.4 is 4.74 Å². The Balaban J connectivity index is 1.73. The smallest absolute Gasteiger partial charge is 0.270 e. The number of non-ortho nitro benzene ring substituents is 1. The summed E-state index contributed by atoms with van der Waals surface area (Å²) in [6.45, 7) is 6.57. The second-order valence-electron chi connectivity index (χ2n) is 6.60. The molecule has 0 N–H and O–H groups in total. The minimum atomic E-state index is -0.466. The second-order valence-corrected chi connectivity index (χ2v) is 7.77. The van der Waals surface area contributed by atoms with E-state index in [-0.39, 0.29) is 16.8 Å². The van der Waals surface area contributed by atoms with Gasteiger partial charge in [-0.15, -0.1) is 11.7 Å². The summed E-state index contributed by atoms with van der Waals surface area (Å²) in [4.78, 5) is 24.8. The molecule has 9 heteroatoms. The molecule has 160 valence electrons. The highest BCUT2D eigenvalue weighted by Gasteiger charge is 2.37. The van der Waals surface area contributed by atoms with E-state index < -0.39 is 4.92 Å². The number of rotatable bonds is 9. The van der Waals surface area contributed by atoms with Gasteiger partial charge in [-0.2, -0.15) is 5.10 Å². The molecule has 1 saturated heterocycles. The van der Waals surface area contributed by atoms with Gasteiger partial charge in [-0.1, -0.05) is 42.1 Å². The minimum Gasteiger partial charge on any atom is -0.494 e. The van der Waals surface area contributed by atoms with Crippen LogP contribution in [0.5, 0.6) is 5.75 Å². The Bertz CT molecular complexity index is 1020. The summed E-state index contributed by atoms with van der Waals surface area (Å²) in [7, 11) is 0. The number of carbonyl (C=O) groups is 1. The van der Waals surface area contributed by atoms with Gasteiger partial charge in [0.15, 0.2) is 5.17 Å². The van der Waals surface area contributed by atoms with Crippen molar-refractivity contribution in [1.82, 2.24) is 4.90 Å². The SMILES string of the molecule is C=CCN1C(=O)C(Cc2ccc(OCC)cc2)S/C1=N/N=C/c1cccc([N+](=O)[O-])c1. The van der Waals surface area contributed by atoms with Gasteiger partial charge in [-0.25, -0.2) is 0 Å². The van der Waals surface area contributed by atoms with Crippen LogP contribution >= 0.6 is 11.8 Å². The van der Waals surface area contributed by atoms with Gasteiger partial charge >= 0.3 is 0 Å². The van der Waals surface area contributed by atoms with E-state index in [9.17, 15) is 14.9 Å². The lowest BCUT2D eigenvalue weighted by atomic mass is 10.1. The summed E-state index contributed by atoms with van der Waals surface area (Å²) in [6.07, 6.45) is 3.62. The summed E-state index contributed by atoms with van der Waals surface area (Å²) in [5, 5.41) is 19.3. The number of benzene rings is 2. The Hall–Kier alpha value is -3.46. The summed E-state index contributed by atoms with van der Waals surface area (Å²) in [5.41, 5.74) is 1.55. The monoisotopic (exact) mass is 438 g/mol. The third kappa shape index (κ3) is 5.79. The molecule has 0 saturated carbocycles. The Morgan fingerprint density at radius 3 is 2.74 bits per heavy atom. The highest BCUT2D eigenvalue weighted by molar-refractivity contribution is 8.15. The van der Waals surface area contributed by atoms with Crippen LogP contribution in [-0.2, 0) is 11.2 Å². The number of nitro groups is 1. The number of nitro benzene ring substituents is 1. The van der Waals surface area contributed by atoms with E-state index >= 15 is 0 Å². The van der Waals surface area contributed by atoms with Crippen LogP contribution in [0, 0.1) is 10.1 Å². The van der Waals surface area contributed by atoms with Crippen molar-refractivity contribution >= 4 is 34.7 Å². The van der Waals surface area contributed by atoms with Gasteiger partial charge in [-0.3, -0.25) is 19.8 Å². The molecule has 1 aliphatic heterocycles. The molecule has 2 aromatic rings. The van der Waals surface area contributed by atoms with Crippen LogP contribution in [0.2, 0.25) is 0 Å². The molecule has 31 heavy (non-hydrogen) atoms. The molecule has 1 unspecified atom stereocenters. The van der Waals surface area contributed by atoms with Crippen molar-refractivity contribution < 1.29 is 14.5 Å². The zero-order valence-corrected chi connectivity index (χ0v) is 17.8. The molecule has 1 amide bonds. The molecule has 3 rings (SSSR count). The molecular formula is C22H22N4O4S.